The van der Waals surface area contributed by atoms with Crippen LogP contribution in [0.3, 0.4) is 0 Å². The zero-order valence-electron chi connectivity index (χ0n) is 21.2. The summed E-state index contributed by atoms with van der Waals surface area (Å²) >= 11 is 0. The van der Waals surface area contributed by atoms with Gasteiger partial charge < -0.3 is 20.5 Å². The lowest BCUT2D eigenvalue weighted by Crippen LogP contribution is -2.22. The number of urea groups is 1. The van der Waals surface area contributed by atoms with Crippen LogP contribution in [-0.2, 0) is 12.1 Å². The Morgan fingerprint density at radius 2 is 1.76 bits per heavy atom. The van der Waals surface area contributed by atoms with Gasteiger partial charge in [-0.2, -0.15) is 5.10 Å². The molecule has 0 unspecified atom stereocenters. The molecular weight excluding hydrogens is 480 g/mol. The van der Waals surface area contributed by atoms with Gasteiger partial charge in [0.2, 0.25) is 0 Å². The lowest BCUT2D eigenvalue weighted by atomic mass is 9.97. The number of benzene rings is 3. The van der Waals surface area contributed by atoms with Gasteiger partial charge in [0.1, 0.15) is 5.69 Å². The first-order chi connectivity index (χ1) is 18.3. The van der Waals surface area contributed by atoms with Crippen molar-refractivity contribution in [2.45, 2.75) is 32.9 Å². The molecule has 1 aliphatic heterocycles. The summed E-state index contributed by atoms with van der Waals surface area (Å²) in [6.45, 7) is 6.66. The van der Waals surface area contributed by atoms with Crippen LogP contribution in [0.2, 0.25) is 0 Å². The van der Waals surface area contributed by atoms with Crippen molar-refractivity contribution in [2.24, 2.45) is 0 Å². The summed E-state index contributed by atoms with van der Waals surface area (Å²) < 4.78 is 7.05. The normalized spacial score (nSPS) is 12.9. The van der Waals surface area contributed by atoms with E-state index in [0.29, 0.717) is 34.8 Å². The fourth-order valence-electron chi connectivity index (χ4n) is 4.58. The minimum Gasteiger partial charge on any atom is -0.356 e. The van der Waals surface area contributed by atoms with Crippen molar-refractivity contribution in [3.05, 3.63) is 84.2 Å². The van der Waals surface area contributed by atoms with Gasteiger partial charge in [0.05, 0.1) is 17.4 Å². The first kappa shape index (κ1) is 23.5. The fourth-order valence-corrected chi connectivity index (χ4v) is 4.58. The second-order valence-electron chi connectivity index (χ2n) is 10.3. The average Bonchev–Trinajstić information content (AvgIpc) is 3.62. The molecule has 0 radical (unpaired) electrons. The van der Waals surface area contributed by atoms with Crippen molar-refractivity contribution < 1.29 is 14.1 Å². The third-order valence-electron chi connectivity index (χ3n) is 6.58. The van der Waals surface area contributed by atoms with E-state index in [1.54, 1.807) is 6.20 Å². The molecule has 0 atom stereocenters. The third kappa shape index (κ3) is 4.28. The summed E-state index contributed by atoms with van der Waals surface area (Å²) in [5, 5.41) is 18.2. The van der Waals surface area contributed by atoms with Crippen molar-refractivity contribution >= 4 is 34.3 Å². The zero-order chi connectivity index (χ0) is 26.4. The van der Waals surface area contributed by atoms with Crippen LogP contribution in [0.1, 0.15) is 36.7 Å². The van der Waals surface area contributed by atoms with Gasteiger partial charge in [0, 0.05) is 34.9 Å². The molecule has 0 aliphatic carbocycles. The molecule has 190 valence electrons. The molecule has 5 aromatic rings. The van der Waals surface area contributed by atoms with Crippen LogP contribution in [0.4, 0.5) is 16.2 Å². The molecule has 0 bridgehead atoms. The lowest BCUT2D eigenvalue weighted by molar-refractivity contribution is 0.0965. The quantitative estimate of drug-likeness (QED) is 0.277. The van der Waals surface area contributed by atoms with Gasteiger partial charge in [-0.15, -0.1) is 0 Å². The fraction of sp³-hybridized carbons (Fsp3) is 0.172. The number of amides is 3. The van der Waals surface area contributed by atoms with Gasteiger partial charge >= 0.3 is 6.03 Å². The van der Waals surface area contributed by atoms with E-state index < -0.39 is 0 Å². The van der Waals surface area contributed by atoms with E-state index in [2.05, 4.69) is 21.1 Å². The Kier molecular flexibility index (Phi) is 5.48. The summed E-state index contributed by atoms with van der Waals surface area (Å²) in [5.41, 5.74) is 6.79. The number of fused-ring (bicyclic) bond motifs is 2. The van der Waals surface area contributed by atoms with Crippen LogP contribution in [0.5, 0.6) is 0 Å². The first-order valence-electron chi connectivity index (χ1n) is 12.3. The maximum Gasteiger partial charge on any atom is 0.323 e. The molecular formula is C29H26N6O3. The molecule has 3 aromatic carbocycles. The van der Waals surface area contributed by atoms with Crippen LogP contribution in [0.15, 0.2) is 77.6 Å². The highest BCUT2D eigenvalue weighted by atomic mass is 16.5. The van der Waals surface area contributed by atoms with E-state index in [4.69, 9.17) is 9.62 Å². The Morgan fingerprint density at radius 1 is 1.00 bits per heavy atom. The standard InChI is InChI=1S/C29H26N6O3/c1-29(2,3)35-16-24(26(34-35)18-9-12-25-19(13-18)14-31-38-25)33-28(37)32-20-10-7-17(8-11-20)21-5-4-6-22-23(21)15-30-27(22)36/h4-14,16H,15H2,1-3H3,(H,30,36)(H2,32,33,37). The molecule has 9 heteroatoms. The molecule has 3 amide bonds. The minimum atomic E-state index is -0.381. The van der Waals surface area contributed by atoms with E-state index in [0.717, 1.165) is 27.6 Å². The average molecular weight is 507 g/mol. The summed E-state index contributed by atoms with van der Waals surface area (Å²) in [6.07, 6.45) is 3.49. The highest BCUT2D eigenvalue weighted by molar-refractivity contribution is 6.03. The molecule has 0 spiro atoms. The Balaban J connectivity index is 1.23. The summed E-state index contributed by atoms with van der Waals surface area (Å²) in [7, 11) is 0. The number of carbonyl (C=O) groups is 2. The smallest absolute Gasteiger partial charge is 0.323 e. The van der Waals surface area contributed by atoms with Crippen LogP contribution in [0, 0.1) is 0 Å². The molecule has 2 aromatic heterocycles. The highest BCUT2D eigenvalue weighted by Crippen LogP contribution is 2.32. The van der Waals surface area contributed by atoms with E-state index in [-0.39, 0.29) is 17.5 Å². The monoisotopic (exact) mass is 506 g/mol. The van der Waals surface area contributed by atoms with E-state index in [1.165, 1.54) is 0 Å². The van der Waals surface area contributed by atoms with E-state index in [9.17, 15) is 9.59 Å². The van der Waals surface area contributed by atoms with Crippen molar-refractivity contribution in [3.63, 3.8) is 0 Å². The van der Waals surface area contributed by atoms with Crippen molar-refractivity contribution in [1.29, 1.82) is 0 Å². The summed E-state index contributed by atoms with van der Waals surface area (Å²) in [6, 6.07) is 18.6. The molecule has 0 saturated heterocycles. The number of rotatable bonds is 4. The highest BCUT2D eigenvalue weighted by Gasteiger charge is 2.23. The van der Waals surface area contributed by atoms with Crippen LogP contribution in [0.25, 0.3) is 33.4 Å². The minimum absolute atomic E-state index is 0.0488. The summed E-state index contributed by atoms with van der Waals surface area (Å²) in [4.78, 5) is 25.0. The molecule has 3 N–H and O–H groups in total. The van der Waals surface area contributed by atoms with Crippen molar-refractivity contribution in [1.82, 2.24) is 20.3 Å². The SMILES string of the molecule is CC(C)(C)n1cc(NC(=O)Nc2ccc(-c3cccc4c3CNC4=O)cc2)c(-c2ccc3oncc3c2)n1. The number of carbonyl (C=O) groups excluding carboxylic acids is 2. The number of nitrogens with one attached hydrogen (secondary N) is 3. The third-order valence-corrected chi connectivity index (χ3v) is 6.58. The van der Waals surface area contributed by atoms with E-state index >= 15 is 0 Å². The van der Waals surface area contributed by atoms with Crippen LogP contribution in [-0.4, -0.2) is 26.9 Å². The molecule has 9 nitrogen and oxygen atoms in total. The van der Waals surface area contributed by atoms with Crippen LogP contribution < -0.4 is 16.0 Å². The Labute approximate surface area is 218 Å². The predicted molar refractivity (Wildman–Crippen MR) is 146 cm³/mol. The Hall–Kier alpha value is -4.92. The van der Waals surface area contributed by atoms with Crippen molar-refractivity contribution in [2.75, 3.05) is 10.6 Å². The topological polar surface area (TPSA) is 114 Å². The number of hydrogen-bond acceptors (Lipinski definition) is 5. The molecule has 3 heterocycles. The molecule has 1 aliphatic rings. The largest absolute Gasteiger partial charge is 0.356 e. The number of nitrogens with zero attached hydrogens (tertiary/aromatic N) is 3. The van der Waals surface area contributed by atoms with Crippen molar-refractivity contribution in [3.8, 4) is 22.4 Å². The molecule has 6 rings (SSSR count). The summed E-state index contributed by atoms with van der Waals surface area (Å²) in [5.74, 6) is -0.0488. The van der Waals surface area contributed by atoms with Gasteiger partial charge in [0.15, 0.2) is 5.58 Å². The van der Waals surface area contributed by atoms with Gasteiger partial charge in [0.25, 0.3) is 5.91 Å². The lowest BCUT2D eigenvalue weighted by Gasteiger charge is -2.18. The van der Waals surface area contributed by atoms with Crippen LogP contribution >= 0.6 is 0 Å². The number of aromatic nitrogens is 3. The van der Waals surface area contributed by atoms with Gasteiger partial charge in [-0.1, -0.05) is 29.4 Å². The van der Waals surface area contributed by atoms with E-state index in [1.807, 2.05) is 92.3 Å². The molecule has 0 saturated carbocycles. The van der Waals surface area contributed by atoms with Gasteiger partial charge in [-0.3, -0.25) is 9.48 Å². The second-order valence-corrected chi connectivity index (χ2v) is 10.3. The Morgan fingerprint density at radius 3 is 2.55 bits per heavy atom. The predicted octanol–water partition coefficient (Wildman–Crippen LogP) is 6.00. The molecule has 38 heavy (non-hydrogen) atoms. The maximum absolute atomic E-state index is 13.0. The maximum atomic E-state index is 13.0. The zero-order valence-corrected chi connectivity index (χ0v) is 21.2. The van der Waals surface area contributed by atoms with Gasteiger partial charge in [-0.25, -0.2) is 4.79 Å². The number of hydrogen-bond donors (Lipinski definition) is 3. The van der Waals surface area contributed by atoms with Gasteiger partial charge in [-0.05, 0) is 73.9 Å². The first-order valence-corrected chi connectivity index (χ1v) is 12.3. The number of anilines is 2. The molecule has 0 fully saturated rings. The second kappa shape index (κ2) is 8.88. The Bertz CT molecular complexity index is 1690.